The Labute approximate surface area is 287 Å². The zero-order valence-electron chi connectivity index (χ0n) is 31.5. The van der Waals surface area contributed by atoms with Crippen molar-refractivity contribution in [2.45, 2.75) is 147 Å². The van der Waals surface area contributed by atoms with Gasteiger partial charge in [-0.05, 0) is 80.1 Å². The number of hydrogen-bond acceptors (Lipinski definition) is 4. The molecule has 1 aromatic rings. The van der Waals surface area contributed by atoms with E-state index in [-0.39, 0.29) is 28.5 Å². The summed E-state index contributed by atoms with van der Waals surface area (Å²) in [4.78, 5) is 20.8. The van der Waals surface area contributed by atoms with Crippen LogP contribution in [-0.2, 0) is 11.2 Å². The molecule has 6 heteroatoms. The smallest absolute Gasteiger partial charge is 0.135 e. The fraction of sp³-hybridized carbons (Fsp3) is 0.675. The Bertz CT molecular complexity index is 1180. The summed E-state index contributed by atoms with van der Waals surface area (Å²) in [7, 11) is 1.73. The van der Waals surface area contributed by atoms with Crippen LogP contribution in [0.15, 0.2) is 45.3 Å². The number of nitrogens with two attached hydrogens (primary N) is 1. The molecule has 0 saturated heterocycles. The Morgan fingerprint density at radius 3 is 2.15 bits per heavy atom. The minimum absolute atomic E-state index is 0.0784. The molecule has 0 aliphatic heterocycles. The van der Waals surface area contributed by atoms with Gasteiger partial charge in [-0.2, -0.15) is 0 Å². The van der Waals surface area contributed by atoms with Crippen molar-refractivity contribution in [3.8, 4) is 0 Å². The summed E-state index contributed by atoms with van der Waals surface area (Å²) in [6.45, 7) is 23.2. The summed E-state index contributed by atoms with van der Waals surface area (Å²) in [6, 6.07) is 2.05. The average Bonchev–Trinajstić information content (AvgIpc) is 3.02. The lowest BCUT2D eigenvalue weighted by molar-refractivity contribution is -0.125. The van der Waals surface area contributed by atoms with E-state index in [0.29, 0.717) is 31.5 Å². The van der Waals surface area contributed by atoms with Crippen molar-refractivity contribution in [2.75, 3.05) is 12.8 Å². The lowest BCUT2D eigenvalue weighted by atomic mass is 9.79. The number of allylic oxidation sites excluding steroid dienone is 6. The predicted octanol–water partition coefficient (Wildman–Crippen LogP) is 12.5. The molecule has 0 spiro atoms. The van der Waals surface area contributed by atoms with Gasteiger partial charge in [-0.25, -0.2) is 9.37 Å². The minimum Gasteiger partial charge on any atom is -0.383 e. The molecule has 1 aliphatic carbocycles. The highest BCUT2D eigenvalue weighted by molar-refractivity contribution is 6.32. The molecule has 46 heavy (non-hydrogen) atoms. The van der Waals surface area contributed by atoms with Gasteiger partial charge in [0.15, 0.2) is 0 Å². The number of halogens is 2. The Balaban J connectivity index is 0.00000143. The van der Waals surface area contributed by atoms with Crippen molar-refractivity contribution >= 4 is 35.0 Å². The molecular formula is C40H67ClFN3O. The Kier molecular flexibility index (Phi) is 22.0. The number of aromatic nitrogens is 1. The molecule has 0 bridgehead atoms. The van der Waals surface area contributed by atoms with Gasteiger partial charge in [0.2, 0.25) is 0 Å². The maximum absolute atomic E-state index is 14.2. The fourth-order valence-electron chi connectivity index (χ4n) is 5.50. The van der Waals surface area contributed by atoms with Gasteiger partial charge in [-0.1, -0.05) is 124 Å². The van der Waals surface area contributed by atoms with Gasteiger partial charge in [-0.3, -0.25) is 9.79 Å². The quantitative estimate of drug-likeness (QED) is 0.190. The number of aliphatic imine (C=N–C) groups is 1. The van der Waals surface area contributed by atoms with Gasteiger partial charge in [0.1, 0.15) is 17.4 Å². The van der Waals surface area contributed by atoms with Crippen molar-refractivity contribution in [3.05, 3.63) is 51.5 Å². The number of Topliss-reactive ketones (excluding diaryl/α,β-unsaturated/α-hetero) is 1. The van der Waals surface area contributed by atoms with Crippen molar-refractivity contribution in [2.24, 2.45) is 28.2 Å². The molecule has 0 amide bonds. The molecular weight excluding hydrogens is 593 g/mol. The summed E-state index contributed by atoms with van der Waals surface area (Å²) in [5.74, 6) is 1.66. The second-order valence-electron chi connectivity index (χ2n) is 13.6. The van der Waals surface area contributed by atoms with E-state index in [4.69, 9.17) is 17.3 Å². The number of rotatable bonds is 15. The molecule has 0 saturated carbocycles. The highest BCUT2D eigenvalue weighted by Crippen LogP contribution is 2.41. The van der Waals surface area contributed by atoms with E-state index < -0.39 is 5.41 Å². The third kappa shape index (κ3) is 14.7. The number of nitrogen functional groups attached to an aromatic ring is 1. The van der Waals surface area contributed by atoms with Crippen LogP contribution in [0.1, 0.15) is 151 Å². The third-order valence-corrected chi connectivity index (χ3v) is 9.98. The number of pyridine rings is 1. The van der Waals surface area contributed by atoms with Crippen LogP contribution in [0.5, 0.6) is 0 Å². The van der Waals surface area contributed by atoms with Gasteiger partial charge < -0.3 is 5.73 Å². The monoisotopic (exact) mass is 659 g/mol. The standard InChI is InChI=1S/C28H39ClFN3O.C8H18.C4H10/c1-8-28(6,20(5)34)12-11-21(15-32-7)23-14-22(27(31)33-16-23)13-18(3)19(4)25-17(2)9-10-24(30)26(25)29;1-4-6-8(3)7-5-2;1-3-4-2/h11,14-16,18-19H,8-10,12-13H2,1-7H3,(H2,31,33);8H,4-7H2,1-3H3;3-4H2,1-2H3/b21-11+,32-15?;;. The van der Waals surface area contributed by atoms with E-state index in [1.807, 2.05) is 20.8 Å². The SMILES string of the molecule is CCC(C)(C/C=C(\C=NC)c1cnc(N)c(CC(C)C(C)C2=C(C)CCC(F)=C2Cl)c1)C(C)=O.CCCC.CCCC(C)CCC. The first kappa shape index (κ1) is 43.7. The highest BCUT2D eigenvalue weighted by Gasteiger charge is 2.28. The number of ketones is 1. The molecule has 3 unspecified atom stereocenters. The highest BCUT2D eigenvalue weighted by atomic mass is 35.5. The van der Waals surface area contributed by atoms with E-state index in [1.165, 1.54) is 38.5 Å². The topological polar surface area (TPSA) is 68.3 Å². The molecule has 1 heterocycles. The number of carbonyl (C=O) groups is 1. The van der Waals surface area contributed by atoms with Crippen LogP contribution in [0.2, 0.25) is 0 Å². The van der Waals surface area contributed by atoms with Crippen LogP contribution in [0.25, 0.3) is 5.57 Å². The van der Waals surface area contributed by atoms with E-state index in [1.54, 1.807) is 26.4 Å². The van der Waals surface area contributed by atoms with Crippen LogP contribution in [0.3, 0.4) is 0 Å². The second kappa shape index (κ2) is 23.1. The van der Waals surface area contributed by atoms with Crippen molar-refractivity contribution < 1.29 is 9.18 Å². The van der Waals surface area contributed by atoms with Crippen LogP contribution in [0.4, 0.5) is 10.2 Å². The Hall–Kier alpha value is -2.27. The molecule has 3 atom stereocenters. The molecule has 1 aliphatic rings. The van der Waals surface area contributed by atoms with Gasteiger partial charge in [0, 0.05) is 36.9 Å². The number of carbonyl (C=O) groups excluding carboxylic acids is 1. The average molecular weight is 660 g/mol. The summed E-state index contributed by atoms with van der Waals surface area (Å²) >= 11 is 6.37. The van der Waals surface area contributed by atoms with Crippen LogP contribution in [0, 0.1) is 23.2 Å². The largest absolute Gasteiger partial charge is 0.383 e. The Morgan fingerprint density at radius 1 is 1.09 bits per heavy atom. The van der Waals surface area contributed by atoms with E-state index in [2.05, 4.69) is 70.6 Å². The summed E-state index contributed by atoms with van der Waals surface area (Å²) < 4.78 is 14.2. The van der Waals surface area contributed by atoms with Crippen LogP contribution >= 0.6 is 11.6 Å². The summed E-state index contributed by atoms with van der Waals surface area (Å²) in [5.41, 5.74) is 10.7. The van der Waals surface area contributed by atoms with Gasteiger partial charge >= 0.3 is 0 Å². The molecule has 2 rings (SSSR count). The van der Waals surface area contributed by atoms with E-state index >= 15 is 0 Å². The van der Waals surface area contributed by atoms with Crippen molar-refractivity contribution in [1.29, 1.82) is 0 Å². The molecule has 2 N–H and O–H groups in total. The first-order valence-corrected chi connectivity index (χ1v) is 18.2. The number of nitrogens with zero attached hydrogens (tertiary/aromatic N) is 2. The first-order chi connectivity index (χ1) is 21.7. The molecule has 0 aromatic carbocycles. The van der Waals surface area contributed by atoms with Crippen LogP contribution < -0.4 is 5.73 Å². The summed E-state index contributed by atoms with van der Waals surface area (Å²) in [6.07, 6.45) is 16.9. The lowest BCUT2D eigenvalue weighted by Crippen LogP contribution is -2.23. The zero-order valence-corrected chi connectivity index (χ0v) is 32.2. The number of unbranched alkanes of at least 4 members (excludes halogenated alkanes) is 1. The molecule has 4 nitrogen and oxygen atoms in total. The minimum atomic E-state index is -0.408. The van der Waals surface area contributed by atoms with Crippen molar-refractivity contribution in [1.82, 2.24) is 4.98 Å². The third-order valence-electron chi connectivity index (χ3n) is 9.57. The van der Waals surface area contributed by atoms with Gasteiger partial charge in [0.25, 0.3) is 0 Å². The Morgan fingerprint density at radius 2 is 1.67 bits per heavy atom. The number of hydrogen-bond donors (Lipinski definition) is 1. The zero-order chi connectivity index (χ0) is 35.4. The van der Waals surface area contributed by atoms with E-state index in [9.17, 15) is 9.18 Å². The van der Waals surface area contributed by atoms with Gasteiger partial charge in [0.05, 0.1) is 5.03 Å². The summed E-state index contributed by atoms with van der Waals surface area (Å²) in [5, 5.41) is 0.275. The number of anilines is 1. The van der Waals surface area contributed by atoms with Crippen LogP contribution in [-0.4, -0.2) is 24.0 Å². The van der Waals surface area contributed by atoms with Crippen molar-refractivity contribution in [3.63, 3.8) is 0 Å². The normalized spacial score (nSPS) is 16.5. The second-order valence-corrected chi connectivity index (χ2v) is 13.9. The first-order valence-electron chi connectivity index (χ1n) is 17.8. The molecule has 1 aromatic heterocycles. The maximum Gasteiger partial charge on any atom is 0.135 e. The molecule has 262 valence electrons. The van der Waals surface area contributed by atoms with E-state index in [0.717, 1.165) is 40.2 Å². The van der Waals surface area contributed by atoms with Gasteiger partial charge in [-0.15, -0.1) is 0 Å². The maximum atomic E-state index is 14.2. The predicted molar refractivity (Wildman–Crippen MR) is 202 cm³/mol. The lowest BCUT2D eigenvalue weighted by Gasteiger charge is -2.28. The molecule has 0 fully saturated rings. The fourth-order valence-corrected chi connectivity index (χ4v) is 5.93. The molecule has 0 radical (unpaired) electrons.